The Bertz CT molecular complexity index is 411. The number of halogens is 2. The van der Waals surface area contributed by atoms with Crippen molar-refractivity contribution in [1.82, 2.24) is 4.98 Å². The van der Waals surface area contributed by atoms with Gasteiger partial charge in [-0.3, -0.25) is 0 Å². The van der Waals surface area contributed by atoms with Gasteiger partial charge in [0.25, 0.3) is 0 Å². The summed E-state index contributed by atoms with van der Waals surface area (Å²) in [5.41, 5.74) is 0.952. The molecule has 0 N–H and O–H groups in total. The standard InChI is InChI=1S/C12H13ClFNO/c1-3-4-9-7-10(12(14)8-15-9)11(13)5-6-16-2/h7-8,11H,5-6H2,1-2H3. The highest BCUT2D eigenvalue weighted by Gasteiger charge is 2.13. The zero-order valence-electron chi connectivity index (χ0n) is 9.26. The number of alkyl halides is 1. The molecule has 0 fully saturated rings. The summed E-state index contributed by atoms with van der Waals surface area (Å²) in [5.74, 6) is 5.07. The van der Waals surface area contributed by atoms with Crippen LogP contribution in [0.5, 0.6) is 0 Å². The second kappa shape index (κ2) is 6.47. The molecule has 1 aromatic rings. The number of pyridine rings is 1. The first-order valence-electron chi connectivity index (χ1n) is 4.90. The van der Waals surface area contributed by atoms with Gasteiger partial charge in [-0.2, -0.15) is 0 Å². The average Bonchev–Trinajstić information content (AvgIpc) is 2.29. The normalized spacial score (nSPS) is 11.8. The van der Waals surface area contributed by atoms with E-state index in [1.807, 2.05) is 0 Å². The fraction of sp³-hybridized carbons (Fsp3) is 0.417. The molecule has 2 nitrogen and oxygen atoms in total. The van der Waals surface area contributed by atoms with Gasteiger partial charge in [-0.05, 0) is 25.3 Å². The summed E-state index contributed by atoms with van der Waals surface area (Å²) in [6.07, 6.45) is 1.70. The average molecular weight is 242 g/mol. The molecule has 0 bridgehead atoms. The van der Waals surface area contributed by atoms with E-state index in [9.17, 15) is 4.39 Å². The Labute approximate surface area is 99.8 Å². The number of hydrogen-bond acceptors (Lipinski definition) is 2. The smallest absolute Gasteiger partial charge is 0.146 e. The van der Waals surface area contributed by atoms with Crippen LogP contribution in [0.2, 0.25) is 0 Å². The number of rotatable bonds is 4. The van der Waals surface area contributed by atoms with Gasteiger partial charge in [0.2, 0.25) is 0 Å². The van der Waals surface area contributed by atoms with E-state index in [1.54, 1.807) is 20.1 Å². The molecule has 86 valence electrons. The summed E-state index contributed by atoms with van der Waals surface area (Å²) in [7, 11) is 1.58. The third kappa shape index (κ3) is 3.48. The summed E-state index contributed by atoms with van der Waals surface area (Å²) in [6, 6.07) is 1.58. The Morgan fingerprint density at radius 3 is 3.00 bits per heavy atom. The maximum Gasteiger partial charge on any atom is 0.146 e. The zero-order chi connectivity index (χ0) is 12.0. The van der Waals surface area contributed by atoms with Gasteiger partial charge in [-0.15, -0.1) is 11.6 Å². The molecule has 0 amide bonds. The Hall–Kier alpha value is -1.11. The van der Waals surface area contributed by atoms with Crippen LogP contribution < -0.4 is 0 Å². The first-order chi connectivity index (χ1) is 7.69. The van der Waals surface area contributed by atoms with E-state index in [4.69, 9.17) is 16.3 Å². The van der Waals surface area contributed by atoms with Crippen LogP contribution in [0.4, 0.5) is 4.39 Å². The Balaban J connectivity index is 2.91. The molecule has 16 heavy (non-hydrogen) atoms. The van der Waals surface area contributed by atoms with E-state index in [0.29, 0.717) is 24.3 Å². The van der Waals surface area contributed by atoms with Gasteiger partial charge in [-0.25, -0.2) is 9.37 Å². The molecule has 1 aromatic heterocycles. The highest BCUT2D eigenvalue weighted by Crippen LogP contribution is 2.26. The lowest BCUT2D eigenvalue weighted by atomic mass is 10.1. The first kappa shape index (κ1) is 13.0. The predicted octanol–water partition coefficient (Wildman–Crippen LogP) is 2.91. The summed E-state index contributed by atoms with van der Waals surface area (Å²) < 4.78 is 18.4. The van der Waals surface area contributed by atoms with E-state index >= 15 is 0 Å². The number of ether oxygens (including phenoxy) is 1. The van der Waals surface area contributed by atoms with Crippen molar-refractivity contribution in [3.05, 3.63) is 29.3 Å². The summed E-state index contributed by atoms with van der Waals surface area (Å²) in [5, 5.41) is -0.416. The van der Waals surface area contributed by atoms with Crippen molar-refractivity contribution in [2.75, 3.05) is 13.7 Å². The third-order valence-corrected chi connectivity index (χ3v) is 2.50. The quantitative estimate of drug-likeness (QED) is 0.597. The van der Waals surface area contributed by atoms with Crippen LogP contribution in [0.15, 0.2) is 12.3 Å². The molecule has 0 saturated heterocycles. The van der Waals surface area contributed by atoms with Gasteiger partial charge in [0.15, 0.2) is 0 Å². The summed E-state index contributed by atoms with van der Waals surface area (Å²) >= 11 is 6.07. The highest BCUT2D eigenvalue weighted by atomic mass is 35.5. The minimum Gasteiger partial charge on any atom is -0.385 e. The van der Waals surface area contributed by atoms with E-state index in [1.165, 1.54) is 0 Å². The van der Waals surface area contributed by atoms with Gasteiger partial charge >= 0.3 is 0 Å². The molecule has 1 rings (SSSR count). The van der Waals surface area contributed by atoms with E-state index < -0.39 is 11.2 Å². The van der Waals surface area contributed by atoms with Crippen LogP contribution >= 0.6 is 11.6 Å². The molecule has 0 saturated carbocycles. The summed E-state index contributed by atoms with van der Waals surface area (Å²) in [4.78, 5) is 3.85. The molecule has 0 aliphatic carbocycles. The maximum absolute atomic E-state index is 13.5. The monoisotopic (exact) mass is 241 g/mol. The third-order valence-electron chi connectivity index (χ3n) is 2.05. The molecule has 1 heterocycles. The van der Waals surface area contributed by atoms with E-state index in [2.05, 4.69) is 16.8 Å². The minimum absolute atomic E-state index is 0.405. The Morgan fingerprint density at radius 1 is 1.62 bits per heavy atom. The number of methoxy groups -OCH3 is 1. The van der Waals surface area contributed by atoms with Crippen molar-refractivity contribution >= 4 is 11.6 Å². The molecular formula is C12H13ClFNO. The van der Waals surface area contributed by atoms with Gasteiger partial charge in [0.1, 0.15) is 11.5 Å². The van der Waals surface area contributed by atoms with Crippen molar-refractivity contribution in [2.24, 2.45) is 0 Å². The van der Waals surface area contributed by atoms with Crippen LogP contribution in [0.25, 0.3) is 0 Å². The van der Waals surface area contributed by atoms with Crippen LogP contribution in [-0.4, -0.2) is 18.7 Å². The highest BCUT2D eigenvalue weighted by molar-refractivity contribution is 6.20. The predicted molar refractivity (Wildman–Crippen MR) is 61.8 cm³/mol. The second-order valence-corrected chi connectivity index (χ2v) is 3.74. The molecule has 1 unspecified atom stereocenters. The molecule has 0 aliphatic rings. The number of aromatic nitrogens is 1. The number of nitrogens with zero attached hydrogens (tertiary/aromatic N) is 1. The zero-order valence-corrected chi connectivity index (χ0v) is 10.0. The van der Waals surface area contributed by atoms with Crippen molar-refractivity contribution < 1.29 is 9.13 Å². The molecule has 0 aliphatic heterocycles. The van der Waals surface area contributed by atoms with Crippen LogP contribution in [0.1, 0.15) is 30.0 Å². The minimum atomic E-state index is -0.416. The first-order valence-corrected chi connectivity index (χ1v) is 5.34. The SMILES string of the molecule is CC#Cc1cc(C(Cl)CCOC)c(F)cn1. The molecule has 0 spiro atoms. The van der Waals surface area contributed by atoms with Crippen LogP contribution in [0, 0.1) is 17.7 Å². The topological polar surface area (TPSA) is 22.1 Å². The van der Waals surface area contributed by atoms with Gasteiger partial charge in [0, 0.05) is 19.3 Å². The molecule has 0 aromatic carbocycles. The molecular weight excluding hydrogens is 229 g/mol. The van der Waals surface area contributed by atoms with Gasteiger partial charge in [-0.1, -0.05) is 5.92 Å². The van der Waals surface area contributed by atoms with Crippen LogP contribution in [-0.2, 0) is 4.74 Å². The number of hydrogen-bond donors (Lipinski definition) is 0. The van der Waals surface area contributed by atoms with E-state index in [0.717, 1.165) is 6.20 Å². The second-order valence-electron chi connectivity index (χ2n) is 3.22. The van der Waals surface area contributed by atoms with E-state index in [-0.39, 0.29) is 0 Å². The van der Waals surface area contributed by atoms with Gasteiger partial charge in [0.05, 0.1) is 11.6 Å². The fourth-order valence-corrected chi connectivity index (χ4v) is 1.52. The Kier molecular flexibility index (Phi) is 5.24. The Morgan fingerprint density at radius 2 is 2.38 bits per heavy atom. The maximum atomic E-state index is 13.5. The lowest BCUT2D eigenvalue weighted by Gasteiger charge is -2.10. The fourth-order valence-electron chi connectivity index (χ4n) is 1.27. The molecule has 4 heteroatoms. The van der Waals surface area contributed by atoms with Crippen LogP contribution in [0.3, 0.4) is 0 Å². The van der Waals surface area contributed by atoms with Crippen molar-refractivity contribution in [3.8, 4) is 11.8 Å². The lowest BCUT2D eigenvalue weighted by molar-refractivity contribution is 0.193. The van der Waals surface area contributed by atoms with Gasteiger partial charge < -0.3 is 4.74 Å². The lowest BCUT2D eigenvalue weighted by Crippen LogP contribution is -2.01. The molecule has 0 radical (unpaired) electrons. The van der Waals surface area contributed by atoms with Crippen molar-refractivity contribution in [3.63, 3.8) is 0 Å². The van der Waals surface area contributed by atoms with Crippen molar-refractivity contribution in [2.45, 2.75) is 18.7 Å². The molecule has 1 atom stereocenters. The summed E-state index contributed by atoms with van der Waals surface area (Å²) in [6.45, 7) is 2.19. The largest absolute Gasteiger partial charge is 0.385 e. The van der Waals surface area contributed by atoms with Crippen molar-refractivity contribution in [1.29, 1.82) is 0 Å².